The quantitative estimate of drug-likeness (QED) is 0.761. The molecule has 0 saturated heterocycles. The minimum Gasteiger partial charge on any atom is -0.339 e. The molecule has 1 fully saturated rings. The SMILES string of the molecule is CN(C(=O)c1ccc(N(Cc2ccccc2)S(C)(=O)=O)cc1)C1CCCC1. The number of sulfonamides is 1. The van der Waals surface area contributed by atoms with E-state index in [1.165, 1.54) is 23.4 Å². The summed E-state index contributed by atoms with van der Waals surface area (Å²) in [5, 5.41) is 0. The van der Waals surface area contributed by atoms with Crippen molar-refractivity contribution in [2.24, 2.45) is 0 Å². The smallest absolute Gasteiger partial charge is 0.253 e. The van der Waals surface area contributed by atoms with Crippen molar-refractivity contribution >= 4 is 21.6 Å². The zero-order valence-corrected chi connectivity index (χ0v) is 16.7. The predicted octanol–water partition coefficient (Wildman–Crippen LogP) is 3.67. The maximum absolute atomic E-state index is 12.7. The van der Waals surface area contributed by atoms with Gasteiger partial charge in [0.25, 0.3) is 5.91 Å². The van der Waals surface area contributed by atoms with Gasteiger partial charge in [0.05, 0.1) is 18.5 Å². The average molecular weight is 387 g/mol. The van der Waals surface area contributed by atoms with Gasteiger partial charge in [-0.3, -0.25) is 9.10 Å². The van der Waals surface area contributed by atoms with E-state index in [2.05, 4.69) is 0 Å². The van der Waals surface area contributed by atoms with Crippen LogP contribution in [0.1, 0.15) is 41.6 Å². The minimum absolute atomic E-state index is 0.0117. The van der Waals surface area contributed by atoms with Gasteiger partial charge in [-0.15, -0.1) is 0 Å². The van der Waals surface area contributed by atoms with Gasteiger partial charge >= 0.3 is 0 Å². The predicted molar refractivity (Wildman–Crippen MR) is 108 cm³/mol. The van der Waals surface area contributed by atoms with Gasteiger partial charge in [0, 0.05) is 18.7 Å². The third kappa shape index (κ3) is 4.69. The van der Waals surface area contributed by atoms with Crippen LogP contribution in [-0.2, 0) is 16.6 Å². The Labute approximate surface area is 161 Å². The summed E-state index contributed by atoms with van der Waals surface area (Å²) in [5.74, 6) is -0.0117. The van der Waals surface area contributed by atoms with Crippen LogP contribution >= 0.6 is 0 Å². The summed E-state index contributed by atoms with van der Waals surface area (Å²) in [4.78, 5) is 14.5. The van der Waals surface area contributed by atoms with E-state index < -0.39 is 10.0 Å². The van der Waals surface area contributed by atoms with Crippen LogP contribution in [-0.4, -0.2) is 38.6 Å². The van der Waals surface area contributed by atoms with Crippen LogP contribution in [0, 0.1) is 0 Å². The summed E-state index contributed by atoms with van der Waals surface area (Å²) in [6.45, 7) is 0.259. The molecule has 1 saturated carbocycles. The van der Waals surface area contributed by atoms with Crippen LogP contribution in [0.4, 0.5) is 5.69 Å². The Morgan fingerprint density at radius 3 is 2.15 bits per heavy atom. The van der Waals surface area contributed by atoms with E-state index in [-0.39, 0.29) is 12.5 Å². The van der Waals surface area contributed by atoms with Crippen molar-refractivity contribution in [2.75, 3.05) is 17.6 Å². The van der Waals surface area contributed by atoms with Crippen molar-refractivity contribution in [3.63, 3.8) is 0 Å². The second-order valence-electron chi connectivity index (χ2n) is 7.16. The number of nitrogens with zero attached hydrogens (tertiary/aromatic N) is 2. The van der Waals surface area contributed by atoms with Crippen molar-refractivity contribution in [1.82, 2.24) is 4.90 Å². The summed E-state index contributed by atoms with van der Waals surface area (Å²) in [5.41, 5.74) is 2.05. The van der Waals surface area contributed by atoms with Crippen LogP contribution in [0.15, 0.2) is 54.6 Å². The first kappa shape index (κ1) is 19.4. The molecule has 0 atom stereocenters. The Kier molecular flexibility index (Phi) is 5.85. The lowest BCUT2D eigenvalue weighted by atomic mass is 10.1. The molecule has 2 aromatic carbocycles. The maximum atomic E-state index is 12.7. The van der Waals surface area contributed by atoms with E-state index in [1.54, 1.807) is 24.3 Å². The summed E-state index contributed by atoms with van der Waals surface area (Å²) >= 11 is 0. The molecule has 6 heteroatoms. The monoisotopic (exact) mass is 386 g/mol. The molecule has 1 amide bonds. The third-order valence-electron chi connectivity index (χ3n) is 5.16. The van der Waals surface area contributed by atoms with Crippen LogP contribution in [0.5, 0.6) is 0 Å². The molecule has 0 spiro atoms. The van der Waals surface area contributed by atoms with Crippen LogP contribution in [0.25, 0.3) is 0 Å². The van der Waals surface area contributed by atoms with Gasteiger partial charge in [0.2, 0.25) is 10.0 Å². The molecule has 0 aromatic heterocycles. The highest BCUT2D eigenvalue weighted by Crippen LogP contribution is 2.25. The Hall–Kier alpha value is -2.34. The molecule has 0 radical (unpaired) electrons. The molecule has 0 N–H and O–H groups in total. The average Bonchev–Trinajstić information content (AvgIpc) is 3.20. The Morgan fingerprint density at radius 2 is 1.59 bits per heavy atom. The fraction of sp³-hybridized carbons (Fsp3) is 0.381. The second-order valence-corrected chi connectivity index (χ2v) is 9.06. The number of amides is 1. The molecule has 2 aromatic rings. The topological polar surface area (TPSA) is 57.7 Å². The van der Waals surface area contributed by atoms with E-state index in [4.69, 9.17) is 0 Å². The summed E-state index contributed by atoms with van der Waals surface area (Å²) < 4.78 is 25.9. The van der Waals surface area contributed by atoms with Gasteiger partial charge in [0.15, 0.2) is 0 Å². The lowest BCUT2D eigenvalue weighted by Gasteiger charge is -2.25. The van der Waals surface area contributed by atoms with Crippen LogP contribution < -0.4 is 4.31 Å². The van der Waals surface area contributed by atoms with Gasteiger partial charge in [-0.2, -0.15) is 0 Å². The molecule has 1 aliphatic carbocycles. The van der Waals surface area contributed by atoms with E-state index in [0.29, 0.717) is 17.3 Å². The highest BCUT2D eigenvalue weighted by atomic mass is 32.2. The van der Waals surface area contributed by atoms with Gasteiger partial charge in [-0.25, -0.2) is 8.42 Å². The molecule has 0 heterocycles. The molecule has 0 aliphatic heterocycles. The van der Waals surface area contributed by atoms with E-state index in [9.17, 15) is 13.2 Å². The van der Waals surface area contributed by atoms with Crippen molar-refractivity contribution in [3.05, 3.63) is 65.7 Å². The second kappa shape index (κ2) is 8.13. The number of anilines is 1. The van der Waals surface area contributed by atoms with E-state index in [0.717, 1.165) is 18.4 Å². The summed E-state index contributed by atoms with van der Waals surface area (Å²) in [7, 11) is -1.59. The largest absolute Gasteiger partial charge is 0.339 e. The number of carbonyl (C=O) groups is 1. The maximum Gasteiger partial charge on any atom is 0.253 e. The first-order valence-corrected chi connectivity index (χ1v) is 11.1. The fourth-order valence-electron chi connectivity index (χ4n) is 3.58. The fourth-order valence-corrected chi connectivity index (χ4v) is 4.47. The Balaban J connectivity index is 1.80. The van der Waals surface area contributed by atoms with Crippen molar-refractivity contribution < 1.29 is 13.2 Å². The Bertz CT molecular complexity index is 873. The zero-order chi connectivity index (χ0) is 19.4. The van der Waals surface area contributed by atoms with Crippen molar-refractivity contribution in [3.8, 4) is 0 Å². The van der Waals surface area contributed by atoms with E-state index >= 15 is 0 Å². The molecule has 0 unspecified atom stereocenters. The van der Waals surface area contributed by atoms with Gasteiger partial charge in [-0.05, 0) is 42.7 Å². The van der Waals surface area contributed by atoms with Crippen LogP contribution in [0.2, 0.25) is 0 Å². The molecule has 27 heavy (non-hydrogen) atoms. The number of hydrogen-bond donors (Lipinski definition) is 0. The zero-order valence-electron chi connectivity index (χ0n) is 15.8. The van der Waals surface area contributed by atoms with E-state index in [1.807, 2.05) is 42.3 Å². The highest BCUT2D eigenvalue weighted by molar-refractivity contribution is 7.92. The summed E-state index contributed by atoms with van der Waals surface area (Å²) in [6.07, 6.45) is 5.65. The van der Waals surface area contributed by atoms with Crippen molar-refractivity contribution in [1.29, 1.82) is 0 Å². The lowest BCUT2D eigenvalue weighted by molar-refractivity contribution is 0.0735. The molecule has 5 nitrogen and oxygen atoms in total. The standard InChI is InChI=1S/C21H26N2O3S/c1-22(19-10-6-7-11-19)21(24)18-12-14-20(15-13-18)23(27(2,25)26)16-17-8-4-3-5-9-17/h3-5,8-9,12-15,19H,6-7,10-11,16H2,1-2H3. The number of carbonyl (C=O) groups excluding carboxylic acids is 1. The number of hydrogen-bond acceptors (Lipinski definition) is 3. The normalized spacial score (nSPS) is 14.9. The third-order valence-corrected chi connectivity index (χ3v) is 6.30. The minimum atomic E-state index is -3.44. The van der Waals surface area contributed by atoms with Crippen LogP contribution in [0.3, 0.4) is 0 Å². The highest BCUT2D eigenvalue weighted by Gasteiger charge is 2.24. The van der Waals surface area contributed by atoms with Gasteiger partial charge in [0.1, 0.15) is 0 Å². The van der Waals surface area contributed by atoms with Crippen molar-refractivity contribution in [2.45, 2.75) is 38.3 Å². The molecule has 1 aliphatic rings. The Morgan fingerprint density at radius 1 is 1.00 bits per heavy atom. The van der Waals surface area contributed by atoms with Gasteiger partial charge < -0.3 is 4.90 Å². The first-order valence-electron chi connectivity index (χ1n) is 9.25. The molecular formula is C21H26N2O3S. The number of benzene rings is 2. The first-order chi connectivity index (χ1) is 12.9. The lowest BCUT2D eigenvalue weighted by Crippen LogP contribution is -2.35. The molecule has 144 valence electrons. The summed E-state index contributed by atoms with van der Waals surface area (Å²) in [6, 6.07) is 16.6. The molecular weight excluding hydrogens is 360 g/mol. The molecule has 3 rings (SSSR count). The molecule has 0 bridgehead atoms. The van der Waals surface area contributed by atoms with Gasteiger partial charge in [-0.1, -0.05) is 43.2 Å². The number of rotatable bonds is 6.